The van der Waals surface area contributed by atoms with Crippen molar-refractivity contribution in [2.24, 2.45) is 5.92 Å². The first-order valence-electron chi connectivity index (χ1n) is 26.6. The number of hydrogen-bond acceptors (Lipinski definition) is 14. The lowest BCUT2D eigenvalue weighted by Gasteiger charge is -2.40. The Bertz CT molecular complexity index is 3450. The maximum Gasteiger partial charge on any atom is 0.262 e. The number of halogens is 1. The molecule has 19 heteroatoms. The molecule has 0 spiro atoms. The summed E-state index contributed by atoms with van der Waals surface area (Å²) in [5, 5.41) is 3.05. The molecule has 396 valence electrons. The van der Waals surface area contributed by atoms with Gasteiger partial charge < -0.3 is 29.3 Å². The maximum atomic E-state index is 14.4. The fourth-order valence-corrected chi connectivity index (χ4v) is 12.0. The van der Waals surface area contributed by atoms with Gasteiger partial charge in [-0.2, -0.15) is 0 Å². The second kappa shape index (κ2) is 21.5. The summed E-state index contributed by atoms with van der Waals surface area (Å²) in [6, 6.07) is 32.2. The number of likely N-dealkylation sites (tertiary alicyclic amines) is 1. The minimum absolute atomic E-state index is 0.0787. The van der Waals surface area contributed by atoms with Gasteiger partial charge in [-0.1, -0.05) is 48.0 Å². The molecule has 2 atom stereocenters. The Balaban J connectivity index is 0.663. The zero-order valence-electron chi connectivity index (χ0n) is 42.7. The van der Waals surface area contributed by atoms with Gasteiger partial charge >= 0.3 is 0 Å². The molecule has 78 heavy (non-hydrogen) atoms. The van der Waals surface area contributed by atoms with Crippen LogP contribution in [0.15, 0.2) is 128 Å². The molecule has 5 aliphatic rings. The predicted octanol–water partition coefficient (Wildman–Crippen LogP) is 7.91. The lowest BCUT2D eigenvalue weighted by Crippen LogP contribution is -2.54. The van der Waals surface area contributed by atoms with Crippen LogP contribution in [-0.2, 0) is 9.59 Å². The summed E-state index contributed by atoms with van der Waals surface area (Å²) in [7, 11) is 0. The van der Waals surface area contributed by atoms with Crippen LogP contribution >= 0.6 is 11.6 Å². The van der Waals surface area contributed by atoms with E-state index in [2.05, 4.69) is 34.9 Å². The van der Waals surface area contributed by atoms with E-state index in [9.17, 15) is 28.8 Å². The lowest BCUT2D eigenvalue weighted by molar-refractivity contribution is -0.136. The monoisotopic (exact) mass is 1070 g/mol. The molecule has 12 rings (SSSR count). The van der Waals surface area contributed by atoms with Crippen LogP contribution in [0.3, 0.4) is 0 Å². The molecule has 0 bridgehead atoms. The molecule has 3 aromatic heterocycles. The molecule has 18 nitrogen and oxygen atoms in total. The average Bonchev–Trinajstić information content (AvgIpc) is 4.12. The predicted molar refractivity (Wildman–Crippen MR) is 294 cm³/mol. The summed E-state index contributed by atoms with van der Waals surface area (Å²) < 4.78 is 5.98. The van der Waals surface area contributed by atoms with Gasteiger partial charge in [0, 0.05) is 101 Å². The molecule has 4 saturated heterocycles. The van der Waals surface area contributed by atoms with E-state index in [1.165, 1.54) is 6.33 Å². The number of rotatable bonds is 13. The molecule has 8 heterocycles. The van der Waals surface area contributed by atoms with Crippen molar-refractivity contribution < 1.29 is 33.5 Å². The first kappa shape index (κ1) is 50.3. The molecule has 0 saturated carbocycles. The first-order valence-corrected chi connectivity index (χ1v) is 27.0. The number of pyridine rings is 1. The van der Waals surface area contributed by atoms with Gasteiger partial charge in [-0.3, -0.25) is 43.9 Å². The molecule has 0 aliphatic carbocycles. The van der Waals surface area contributed by atoms with Gasteiger partial charge in [0.2, 0.25) is 11.8 Å². The third kappa shape index (κ3) is 9.92. The van der Waals surface area contributed by atoms with Crippen LogP contribution in [-0.4, -0.2) is 141 Å². The van der Waals surface area contributed by atoms with E-state index in [4.69, 9.17) is 26.3 Å². The van der Waals surface area contributed by atoms with Crippen LogP contribution in [0.25, 0.3) is 11.0 Å². The molecular weight excluding hydrogens is 1010 g/mol. The van der Waals surface area contributed by atoms with E-state index < -0.39 is 29.7 Å². The summed E-state index contributed by atoms with van der Waals surface area (Å²) in [6.45, 7) is 6.98. The number of imide groups is 2. The Labute approximate surface area is 454 Å². The Morgan fingerprint density at radius 3 is 2.23 bits per heavy atom. The Kier molecular flexibility index (Phi) is 13.9. The summed E-state index contributed by atoms with van der Waals surface area (Å²) in [5.41, 5.74) is 4.00. The number of ketones is 1. The van der Waals surface area contributed by atoms with Crippen molar-refractivity contribution in [3.05, 3.63) is 161 Å². The molecule has 5 aliphatic heterocycles. The van der Waals surface area contributed by atoms with Crippen LogP contribution in [0.2, 0.25) is 5.02 Å². The Morgan fingerprint density at radius 2 is 1.49 bits per heavy atom. The number of piperazine rings is 1. The number of fused-ring (bicyclic) bond motifs is 2. The zero-order valence-corrected chi connectivity index (χ0v) is 43.5. The minimum atomic E-state index is -0.992. The normalized spacial score (nSPS) is 19.3. The van der Waals surface area contributed by atoms with Crippen molar-refractivity contribution in [1.29, 1.82) is 0 Å². The second-order valence-corrected chi connectivity index (χ2v) is 21.0. The number of para-hydroxylation sites is 2. The topological polar surface area (TPSA) is 198 Å². The van der Waals surface area contributed by atoms with E-state index in [-0.39, 0.29) is 41.2 Å². The van der Waals surface area contributed by atoms with Crippen LogP contribution in [0.5, 0.6) is 11.5 Å². The number of ether oxygens (including phenoxy) is 1. The van der Waals surface area contributed by atoms with E-state index in [1.807, 2.05) is 83.8 Å². The van der Waals surface area contributed by atoms with Crippen LogP contribution in [0.4, 0.5) is 23.0 Å². The van der Waals surface area contributed by atoms with Gasteiger partial charge in [0.05, 0.1) is 38.7 Å². The third-order valence-corrected chi connectivity index (χ3v) is 16.1. The fourth-order valence-electron chi connectivity index (χ4n) is 11.7. The number of anilines is 4. The number of aromatic nitrogens is 4. The summed E-state index contributed by atoms with van der Waals surface area (Å²) in [5.74, 6) is 0.662. The molecule has 1 unspecified atom stereocenters. The molecule has 4 fully saturated rings. The van der Waals surface area contributed by atoms with Crippen molar-refractivity contribution in [3.8, 4) is 11.5 Å². The van der Waals surface area contributed by atoms with Crippen LogP contribution < -0.4 is 24.8 Å². The number of H-pyrrole nitrogens is 1. The fraction of sp³-hybridized carbons (Fsp3) is 0.305. The number of hydrogen-bond donors (Lipinski definition) is 2. The van der Waals surface area contributed by atoms with Gasteiger partial charge in [-0.15, -0.1) is 0 Å². The summed E-state index contributed by atoms with van der Waals surface area (Å²) in [4.78, 5) is 109. The molecule has 4 aromatic carbocycles. The summed E-state index contributed by atoms with van der Waals surface area (Å²) in [6.07, 6.45) is 8.60. The van der Waals surface area contributed by atoms with Crippen LogP contribution in [0.1, 0.15) is 85.5 Å². The lowest BCUT2D eigenvalue weighted by atomic mass is 9.95. The molecule has 7 aromatic rings. The SMILES string of the molecule is O=C1CCC(N2C(=O)c3ccc(N4CCN(CC5CCN(c6ccc(C(=O)N7CCC[C@@H](N(c8ccccc8)c8ncnc9[nH]cc(C(=O)c%10ccc(Oc%11ccccc%11)cc%10Cl)c89)C7)cn6)CC5)CC4)cc3C2=O)C(=O)N1. The Morgan fingerprint density at radius 1 is 0.718 bits per heavy atom. The van der Waals surface area contributed by atoms with E-state index in [0.717, 1.165) is 93.6 Å². The number of benzene rings is 4. The zero-order chi connectivity index (χ0) is 53.4. The number of nitrogens with zero attached hydrogens (tertiary/aromatic N) is 9. The summed E-state index contributed by atoms with van der Waals surface area (Å²) >= 11 is 6.79. The van der Waals surface area contributed by atoms with Crippen LogP contribution in [0, 0.1) is 5.92 Å². The number of carbonyl (C=O) groups excluding carboxylic acids is 6. The smallest absolute Gasteiger partial charge is 0.262 e. The van der Waals surface area contributed by atoms with Crippen molar-refractivity contribution in [3.63, 3.8) is 0 Å². The van der Waals surface area contributed by atoms with E-state index in [1.54, 1.807) is 42.7 Å². The highest BCUT2D eigenvalue weighted by Gasteiger charge is 2.45. The quantitative estimate of drug-likeness (QED) is 0.0835. The molecule has 2 N–H and O–H groups in total. The maximum absolute atomic E-state index is 14.4. The average molecular weight is 1070 g/mol. The van der Waals surface area contributed by atoms with Gasteiger partial charge in [0.15, 0.2) is 5.78 Å². The first-order chi connectivity index (χ1) is 38.0. The Hall–Kier alpha value is -8.48. The second-order valence-electron chi connectivity index (χ2n) is 20.6. The van der Waals surface area contributed by atoms with Gasteiger partial charge in [-0.25, -0.2) is 15.0 Å². The molecular formula is C59H56ClN11O7. The number of amides is 5. The highest BCUT2D eigenvalue weighted by Crippen LogP contribution is 2.39. The van der Waals surface area contributed by atoms with Gasteiger partial charge in [-0.05, 0) is 105 Å². The van der Waals surface area contributed by atoms with Crippen molar-refractivity contribution >= 4 is 81.0 Å². The molecule has 5 amide bonds. The highest BCUT2D eigenvalue weighted by atomic mass is 35.5. The van der Waals surface area contributed by atoms with Crippen molar-refractivity contribution in [1.82, 2.24) is 40.0 Å². The number of piperidine rings is 3. The van der Waals surface area contributed by atoms with E-state index in [0.29, 0.717) is 69.6 Å². The highest BCUT2D eigenvalue weighted by molar-refractivity contribution is 6.36. The van der Waals surface area contributed by atoms with E-state index >= 15 is 0 Å². The number of carbonyl (C=O) groups is 6. The molecule has 0 radical (unpaired) electrons. The third-order valence-electron chi connectivity index (χ3n) is 15.8. The van der Waals surface area contributed by atoms with Crippen molar-refractivity contribution in [2.45, 2.75) is 50.6 Å². The van der Waals surface area contributed by atoms with Gasteiger partial charge in [0.1, 0.15) is 41.2 Å². The standard InChI is InChI=1S/C59H56ClN11O7/c60-48-31-43(78-42-11-5-2-6-12-42)15-17-45(48)53(73)47-33-62-54-52(47)55(64-36-63-54)70(39-8-3-1-4-9-39)41-10-7-23-69(35-41)57(75)38-13-19-50(61-32-38)68-24-21-37(22-25-68)34-66-26-28-67(29-27-66)40-14-16-44-46(30-40)59(77)71(58(44)76)49-18-20-51(72)65-56(49)74/h1-6,8-9,11-17,19,30-33,36-37,41,49H,7,10,18,20-29,34-35H2,(H,62,63,64)(H,65,72,74)/t41-,49?/m1/s1. The minimum Gasteiger partial charge on any atom is -0.457 e. The van der Waals surface area contributed by atoms with Crippen molar-refractivity contribution in [2.75, 3.05) is 73.6 Å². The number of aromatic amines is 1. The number of nitrogens with one attached hydrogen (secondary N) is 2. The largest absolute Gasteiger partial charge is 0.457 e. The van der Waals surface area contributed by atoms with Gasteiger partial charge in [0.25, 0.3) is 17.7 Å².